The second-order valence-corrected chi connectivity index (χ2v) is 8.55. The average Bonchev–Trinajstić information content (AvgIpc) is 3.20. The van der Waals surface area contributed by atoms with Crippen LogP contribution in [0.15, 0.2) is 28.9 Å². The fourth-order valence-electron chi connectivity index (χ4n) is 3.23. The summed E-state index contributed by atoms with van der Waals surface area (Å²) in [6.45, 7) is 6.81. The van der Waals surface area contributed by atoms with Crippen molar-refractivity contribution in [1.82, 2.24) is 15.6 Å². The number of halogens is 2. The zero-order valence-corrected chi connectivity index (χ0v) is 16.6. The molecule has 2 aromatic rings. The maximum atomic E-state index is 13.4. The SMILES string of the molecule is CC(C)(C)c1nc(CN[C@H]2CC[C@H](NC(=O)c3cc(F)cc(Cl)c3)C2)co1. The van der Waals surface area contributed by atoms with Gasteiger partial charge in [0.1, 0.15) is 12.1 Å². The van der Waals surface area contributed by atoms with Crippen LogP contribution in [-0.4, -0.2) is 23.0 Å². The smallest absolute Gasteiger partial charge is 0.251 e. The lowest BCUT2D eigenvalue weighted by Crippen LogP contribution is -2.35. The van der Waals surface area contributed by atoms with Crippen LogP contribution in [-0.2, 0) is 12.0 Å². The summed E-state index contributed by atoms with van der Waals surface area (Å²) in [7, 11) is 0. The van der Waals surface area contributed by atoms with E-state index in [2.05, 4.69) is 36.4 Å². The molecule has 1 heterocycles. The van der Waals surface area contributed by atoms with Crippen LogP contribution in [0.4, 0.5) is 4.39 Å². The van der Waals surface area contributed by atoms with Crippen LogP contribution in [0.2, 0.25) is 5.02 Å². The number of benzene rings is 1. The largest absolute Gasteiger partial charge is 0.448 e. The van der Waals surface area contributed by atoms with E-state index < -0.39 is 5.82 Å². The minimum atomic E-state index is -0.513. The third kappa shape index (κ3) is 5.30. The molecular formula is C20H25ClFN3O2. The van der Waals surface area contributed by atoms with Gasteiger partial charge in [-0.25, -0.2) is 9.37 Å². The molecule has 0 radical (unpaired) electrons. The second kappa shape index (κ2) is 7.98. The van der Waals surface area contributed by atoms with Crippen LogP contribution in [0.3, 0.4) is 0 Å². The van der Waals surface area contributed by atoms with E-state index in [1.165, 1.54) is 18.2 Å². The van der Waals surface area contributed by atoms with Crippen LogP contribution in [0.1, 0.15) is 62.0 Å². The maximum Gasteiger partial charge on any atom is 0.251 e. The Morgan fingerprint density at radius 2 is 2.04 bits per heavy atom. The van der Waals surface area contributed by atoms with Gasteiger partial charge in [0.25, 0.3) is 5.91 Å². The zero-order valence-electron chi connectivity index (χ0n) is 15.8. The van der Waals surface area contributed by atoms with Gasteiger partial charge in [-0.3, -0.25) is 4.79 Å². The van der Waals surface area contributed by atoms with Gasteiger partial charge in [0.05, 0.1) is 5.69 Å². The minimum absolute atomic E-state index is 0.0551. The predicted octanol–water partition coefficient (Wildman–Crippen LogP) is 4.21. The van der Waals surface area contributed by atoms with Gasteiger partial charge in [0.2, 0.25) is 0 Å². The van der Waals surface area contributed by atoms with Crippen molar-refractivity contribution < 1.29 is 13.6 Å². The molecule has 1 aliphatic carbocycles. The number of hydrogen-bond acceptors (Lipinski definition) is 4. The lowest BCUT2D eigenvalue weighted by molar-refractivity contribution is 0.0937. The van der Waals surface area contributed by atoms with Crippen molar-refractivity contribution in [2.45, 2.75) is 64.1 Å². The summed E-state index contributed by atoms with van der Waals surface area (Å²) in [5.41, 5.74) is 1.01. The van der Waals surface area contributed by atoms with Crippen molar-refractivity contribution in [2.75, 3.05) is 0 Å². The highest BCUT2D eigenvalue weighted by Crippen LogP contribution is 2.23. The van der Waals surface area contributed by atoms with E-state index in [-0.39, 0.29) is 28.0 Å². The molecule has 1 aliphatic rings. The third-order valence-electron chi connectivity index (χ3n) is 4.66. The van der Waals surface area contributed by atoms with Crippen LogP contribution in [0.5, 0.6) is 0 Å². The molecule has 2 N–H and O–H groups in total. The first-order chi connectivity index (χ1) is 12.7. The van der Waals surface area contributed by atoms with Crippen LogP contribution in [0, 0.1) is 5.82 Å². The number of carbonyl (C=O) groups is 1. The van der Waals surface area contributed by atoms with E-state index in [4.69, 9.17) is 16.0 Å². The Balaban J connectivity index is 1.48. The molecule has 0 spiro atoms. The Hall–Kier alpha value is -1.92. The van der Waals surface area contributed by atoms with Crippen molar-refractivity contribution in [3.05, 3.63) is 52.5 Å². The molecule has 1 aromatic heterocycles. The summed E-state index contributed by atoms with van der Waals surface area (Å²) in [5, 5.41) is 6.65. The van der Waals surface area contributed by atoms with Crippen LogP contribution < -0.4 is 10.6 Å². The molecule has 5 nitrogen and oxygen atoms in total. The normalized spacial score (nSPS) is 20.0. The highest BCUT2D eigenvalue weighted by molar-refractivity contribution is 6.31. The van der Waals surface area contributed by atoms with Crippen molar-refractivity contribution in [2.24, 2.45) is 0 Å². The van der Waals surface area contributed by atoms with Gasteiger partial charge in [-0.2, -0.15) is 0 Å². The Morgan fingerprint density at radius 1 is 1.30 bits per heavy atom. The van der Waals surface area contributed by atoms with Gasteiger partial charge in [-0.15, -0.1) is 0 Å². The second-order valence-electron chi connectivity index (χ2n) is 8.11. The molecule has 0 aliphatic heterocycles. The van der Waals surface area contributed by atoms with Crippen molar-refractivity contribution >= 4 is 17.5 Å². The lowest BCUT2D eigenvalue weighted by atomic mass is 9.97. The standard InChI is InChI=1S/C20H25ClFN3O2/c1-20(2,3)19-25-17(11-27-19)10-23-15-4-5-16(9-15)24-18(26)12-6-13(21)8-14(22)7-12/h6-8,11,15-16,23H,4-5,9-10H2,1-3H3,(H,24,26)/t15-,16-/m0/s1. The summed E-state index contributed by atoms with van der Waals surface area (Å²) < 4.78 is 18.9. The summed E-state index contributed by atoms with van der Waals surface area (Å²) in [5.74, 6) is -0.0844. The fraction of sp³-hybridized carbons (Fsp3) is 0.500. The molecule has 1 fully saturated rings. The molecule has 0 saturated heterocycles. The molecule has 27 heavy (non-hydrogen) atoms. The number of nitrogens with zero attached hydrogens (tertiary/aromatic N) is 1. The fourth-order valence-corrected chi connectivity index (χ4v) is 3.45. The molecule has 7 heteroatoms. The molecule has 3 rings (SSSR count). The number of nitrogens with one attached hydrogen (secondary N) is 2. The average molecular weight is 394 g/mol. The molecule has 2 atom stereocenters. The van der Waals surface area contributed by atoms with Crippen LogP contribution >= 0.6 is 11.6 Å². The molecule has 146 valence electrons. The van der Waals surface area contributed by atoms with Crippen molar-refractivity contribution in [3.8, 4) is 0 Å². The third-order valence-corrected chi connectivity index (χ3v) is 4.88. The maximum absolute atomic E-state index is 13.4. The first kappa shape index (κ1) is 19.8. The summed E-state index contributed by atoms with van der Waals surface area (Å²) >= 11 is 5.82. The van der Waals surface area contributed by atoms with Gasteiger partial charge in [0, 0.05) is 34.6 Å². The first-order valence-electron chi connectivity index (χ1n) is 9.16. The number of carbonyl (C=O) groups excluding carboxylic acids is 1. The van der Waals surface area contributed by atoms with Gasteiger partial charge >= 0.3 is 0 Å². The highest BCUT2D eigenvalue weighted by Gasteiger charge is 2.27. The van der Waals surface area contributed by atoms with E-state index in [0.29, 0.717) is 12.6 Å². The monoisotopic (exact) mass is 393 g/mol. The van der Waals surface area contributed by atoms with Crippen molar-refractivity contribution in [1.29, 1.82) is 0 Å². The van der Waals surface area contributed by atoms with Gasteiger partial charge in [0.15, 0.2) is 5.89 Å². The zero-order chi connectivity index (χ0) is 19.6. The van der Waals surface area contributed by atoms with E-state index in [9.17, 15) is 9.18 Å². The number of rotatable bonds is 5. The van der Waals surface area contributed by atoms with E-state index in [1.54, 1.807) is 6.26 Å². The lowest BCUT2D eigenvalue weighted by Gasteiger charge is -2.14. The summed E-state index contributed by atoms with van der Waals surface area (Å²) in [6.07, 6.45) is 4.34. The van der Waals surface area contributed by atoms with Gasteiger partial charge in [-0.1, -0.05) is 32.4 Å². The van der Waals surface area contributed by atoms with Gasteiger partial charge < -0.3 is 15.1 Å². The Labute approximate surface area is 163 Å². The number of amides is 1. The topological polar surface area (TPSA) is 67.2 Å². The Morgan fingerprint density at radius 3 is 2.70 bits per heavy atom. The molecule has 0 unspecified atom stereocenters. The summed E-state index contributed by atoms with van der Waals surface area (Å²) in [6, 6.07) is 4.20. The predicted molar refractivity (Wildman–Crippen MR) is 102 cm³/mol. The quantitative estimate of drug-likeness (QED) is 0.798. The highest BCUT2D eigenvalue weighted by atomic mass is 35.5. The molecule has 1 aromatic carbocycles. The number of aromatic nitrogens is 1. The van der Waals surface area contributed by atoms with Crippen molar-refractivity contribution in [3.63, 3.8) is 0 Å². The van der Waals surface area contributed by atoms with E-state index >= 15 is 0 Å². The molecule has 1 amide bonds. The molecule has 1 saturated carbocycles. The number of hydrogen-bond donors (Lipinski definition) is 2. The first-order valence-corrected chi connectivity index (χ1v) is 9.54. The van der Waals surface area contributed by atoms with E-state index in [0.717, 1.165) is 30.8 Å². The molecule has 0 bridgehead atoms. The van der Waals surface area contributed by atoms with Gasteiger partial charge in [-0.05, 0) is 37.5 Å². The minimum Gasteiger partial charge on any atom is -0.448 e. The number of oxazole rings is 1. The Bertz CT molecular complexity index is 796. The van der Waals surface area contributed by atoms with Crippen LogP contribution in [0.25, 0.3) is 0 Å². The Kier molecular flexibility index (Phi) is 5.86. The summed E-state index contributed by atoms with van der Waals surface area (Å²) in [4.78, 5) is 16.8. The molecular weight excluding hydrogens is 369 g/mol. The van der Waals surface area contributed by atoms with E-state index in [1.807, 2.05) is 0 Å².